The van der Waals surface area contributed by atoms with Crippen LogP contribution in [0.1, 0.15) is 45.1 Å². The van der Waals surface area contributed by atoms with Crippen LogP contribution in [0.2, 0.25) is 0 Å². The summed E-state index contributed by atoms with van der Waals surface area (Å²) in [6.07, 6.45) is 0. The van der Waals surface area contributed by atoms with Gasteiger partial charge in [-0.3, -0.25) is 9.59 Å². The van der Waals surface area contributed by atoms with Gasteiger partial charge in [0.1, 0.15) is 0 Å². The average Bonchev–Trinajstić information content (AvgIpc) is 2.42. The molecule has 1 aromatic heterocycles. The van der Waals surface area contributed by atoms with Crippen LogP contribution in [0.3, 0.4) is 0 Å². The Morgan fingerprint density at radius 3 is 2.22 bits per heavy atom. The Balaban J connectivity index is 0.000000659. The third kappa shape index (κ3) is 3.80. The van der Waals surface area contributed by atoms with Gasteiger partial charge in [-0.15, -0.1) is 0 Å². The summed E-state index contributed by atoms with van der Waals surface area (Å²) < 4.78 is 0. The molecule has 1 N–H and O–H groups in total. The Kier molecular flexibility index (Phi) is 7.28. The van der Waals surface area contributed by atoms with Gasteiger partial charge in [0, 0.05) is 6.92 Å². The van der Waals surface area contributed by atoms with Crippen LogP contribution in [-0.2, 0) is 0 Å². The summed E-state index contributed by atoms with van der Waals surface area (Å²) in [5.41, 5.74) is 0.791. The molecule has 0 fully saturated rings. The number of benzene rings is 1. The quantitative estimate of drug-likeness (QED) is 0.788. The fraction of sp³-hybridized carbons (Fsp3) is 0.357. The summed E-state index contributed by atoms with van der Waals surface area (Å²) in [5, 5.41) is 0. The van der Waals surface area contributed by atoms with E-state index < -0.39 is 5.56 Å². The summed E-state index contributed by atoms with van der Waals surface area (Å²) in [4.78, 5) is 28.9. The van der Waals surface area contributed by atoms with E-state index in [0.717, 1.165) is 0 Å². The third-order valence-corrected chi connectivity index (χ3v) is 1.93. The Morgan fingerprint density at radius 1 is 1.11 bits per heavy atom. The molecule has 98 valence electrons. The maximum atomic E-state index is 11.3. The molecule has 0 aliphatic heterocycles. The zero-order valence-electron chi connectivity index (χ0n) is 11.6. The molecule has 0 aliphatic carbocycles. The van der Waals surface area contributed by atoms with Gasteiger partial charge in [0.2, 0.25) is 0 Å². The van der Waals surface area contributed by atoms with E-state index in [1.54, 1.807) is 24.3 Å². The Hall–Kier alpha value is -1.97. The molecule has 1 aromatic carbocycles. The Labute approximate surface area is 107 Å². The average molecular weight is 248 g/mol. The number of H-pyrrole nitrogens is 1. The van der Waals surface area contributed by atoms with E-state index in [2.05, 4.69) is 9.97 Å². The maximum absolute atomic E-state index is 11.3. The van der Waals surface area contributed by atoms with E-state index in [9.17, 15) is 9.59 Å². The number of fused-ring (bicyclic) bond motifs is 1. The highest BCUT2D eigenvalue weighted by Crippen LogP contribution is 2.05. The second kappa shape index (κ2) is 8.17. The largest absolute Gasteiger partial charge is 0.319 e. The number of carbonyl (C=O) groups is 1. The molecule has 0 saturated carbocycles. The highest BCUT2D eigenvalue weighted by Gasteiger charge is 2.07. The Morgan fingerprint density at radius 2 is 1.67 bits per heavy atom. The van der Waals surface area contributed by atoms with E-state index in [1.165, 1.54) is 6.92 Å². The van der Waals surface area contributed by atoms with Gasteiger partial charge in [0.05, 0.1) is 11.0 Å². The number of carbonyl (C=O) groups excluding carboxylic acids is 1. The summed E-state index contributed by atoms with van der Waals surface area (Å²) in [6, 6.07) is 7.09. The van der Waals surface area contributed by atoms with Crippen molar-refractivity contribution in [2.24, 2.45) is 0 Å². The van der Waals surface area contributed by atoms with Crippen molar-refractivity contribution < 1.29 is 4.79 Å². The molecule has 2 rings (SSSR count). The first-order chi connectivity index (χ1) is 8.68. The van der Waals surface area contributed by atoms with Crippen LogP contribution >= 0.6 is 0 Å². The molecule has 0 radical (unpaired) electrons. The molecule has 4 heteroatoms. The second-order valence-corrected chi connectivity index (χ2v) is 2.99. The van der Waals surface area contributed by atoms with Crippen molar-refractivity contribution in [1.82, 2.24) is 9.97 Å². The zero-order valence-corrected chi connectivity index (χ0v) is 11.6. The number of hydrogen-bond acceptors (Lipinski definition) is 3. The fourth-order valence-corrected chi connectivity index (χ4v) is 1.27. The number of para-hydroxylation sites is 2. The highest BCUT2D eigenvalue weighted by atomic mass is 16.1. The molecular weight excluding hydrogens is 228 g/mol. The summed E-state index contributed by atoms with van der Waals surface area (Å²) >= 11 is 0. The monoisotopic (exact) mass is 248 g/mol. The smallest absolute Gasteiger partial charge is 0.278 e. The molecule has 0 amide bonds. The lowest BCUT2D eigenvalue weighted by Gasteiger charge is -1.98. The zero-order chi connectivity index (χ0) is 14.1. The molecule has 18 heavy (non-hydrogen) atoms. The number of nitrogens with zero attached hydrogens (tertiary/aromatic N) is 1. The van der Waals surface area contributed by atoms with E-state index in [1.807, 2.05) is 27.7 Å². The molecule has 0 bridgehead atoms. The minimum absolute atomic E-state index is 0.0382. The van der Waals surface area contributed by atoms with Crippen LogP contribution in [0.5, 0.6) is 0 Å². The first-order valence-electron chi connectivity index (χ1n) is 6.18. The Bertz CT molecular complexity index is 559. The molecule has 0 unspecified atom stereocenters. The van der Waals surface area contributed by atoms with Crippen molar-refractivity contribution in [2.45, 2.75) is 34.6 Å². The summed E-state index contributed by atoms with van der Waals surface area (Å²) in [6.45, 7) is 9.33. The standard InChI is InChI=1S/C10H8N2O2.2C2H6/c1-6(13)9-10(14)12-8-5-3-2-4-7(8)11-9;2*1-2/h2-5H,1H3,(H,12,14);2*1-2H3. The summed E-state index contributed by atoms with van der Waals surface area (Å²) in [7, 11) is 0. The van der Waals surface area contributed by atoms with Crippen molar-refractivity contribution in [3.63, 3.8) is 0 Å². The van der Waals surface area contributed by atoms with Gasteiger partial charge in [-0.05, 0) is 12.1 Å². The molecule has 2 aromatic rings. The van der Waals surface area contributed by atoms with Gasteiger partial charge in [-0.1, -0.05) is 39.8 Å². The molecule has 0 saturated heterocycles. The number of aromatic amines is 1. The van der Waals surface area contributed by atoms with Gasteiger partial charge in [0.15, 0.2) is 11.5 Å². The minimum atomic E-state index is -0.434. The van der Waals surface area contributed by atoms with E-state index in [-0.39, 0.29) is 11.5 Å². The van der Waals surface area contributed by atoms with Crippen molar-refractivity contribution in [3.05, 3.63) is 40.3 Å². The number of aromatic nitrogens is 2. The lowest BCUT2D eigenvalue weighted by Crippen LogP contribution is -2.18. The van der Waals surface area contributed by atoms with Gasteiger partial charge < -0.3 is 4.98 Å². The number of Topliss-reactive ketones (excluding diaryl/α,β-unsaturated/α-hetero) is 1. The van der Waals surface area contributed by atoms with Crippen molar-refractivity contribution in [2.75, 3.05) is 0 Å². The van der Waals surface area contributed by atoms with E-state index in [0.29, 0.717) is 11.0 Å². The lowest BCUT2D eigenvalue weighted by molar-refractivity contribution is 0.101. The van der Waals surface area contributed by atoms with Crippen LogP contribution in [0.15, 0.2) is 29.1 Å². The normalized spacial score (nSPS) is 8.72. The van der Waals surface area contributed by atoms with Crippen molar-refractivity contribution >= 4 is 16.8 Å². The van der Waals surface area contributed by atoms with Crippen LogP contribution in [0, 0.1) is 0 Å². The lowest BCUT2D eigenvalue weighted by atomic mass is 10.2. The predicted octanol–water partition coefficient (Wildman–Crippen LogP) is 3.18. The number of hydrogen-bond donors (Lipinski definition) is 1. The maximum Gasteiger partial charge on any atom is 0.278 e. The number of nitrogens with one attached hydrogen (secondary N) is 1. The van der Waals surface area contributed by atoms with Gasteiger partial charge in [-0.25, -0.2) is 4.98 Å². The van der Waals surface area contributed by atoms with Gasteiger partial charge in [-0.2, -0.15) is 0 Å². The van der Waals surface area contributed by atoms with E-state index in [4.69, 9.17) is 0 Å². The van der Waals surface area contributed by atoms with Crippen molar-refractivity contribution in [1.29, 1.82) is 0 Å². The van der Waals surface area contributed by atoms with Gasteiger partial charge >= 0.3 is 0 Å². The second-order valence-electron chi connectivity index (χ2n) is 2.99. The molecule has 4 nitrogen and oxygen atoms in total. The summed E-state index contributed by atoms with van der Waals surface area (Å²) in [5.74, 6) is -0.322. The molecule has 0 aliphatic rings. The number of ketones is 1. The molecular formula is C14H20N2O2. The topological polar surface area (TPSA) is 62.8 Å². The van der Waals surface area contributed by atoms with E-state index >= 15 is 0 Å². The van der Waals surface area contributed by atoms with Crippen LogP contribution < -0.4 is 5.56 Å². The SMILES string of the molecule is CC.CC.CC(=O)c1nc2ccccc2[nH]c1=O. The molecule has 0 spiro atoms. The third-order valence-electron chi connectivity index (χ3n) is 1.93. The first kappa shape index (κ1) is 16.0. The molecule has 0 atom stereocenters. The van der Waals surface area contributed by atoms with Crippen LogP contribution in [-0.4, -0.2) is 15.8 Å². The predicted molar refractivity (Wildman–Crippen MR) is 75.1 cm³/mol. The first-order valence-corrected chi connectivity index (χ1v) is 6.18. The fourth-order valence-electron chi connectivity index (χ4n) is 1.27. The minimum Gasteiger partial charge on any atom is -0.319 e. The van der Waals surface area contributed by atoms with Gasteiger partial charge in [0.25, 0.3) is 5.56 Å². The van der Waals surface area contributed by atoms with Crippen molar-refractivity contribution in [3.8, 4) is 0 Å². The van der Waals surface area contributed by atoms with Crippen LogP contribution in [0.25, 0.3) is 11.0 Å². The highest BCUT2D eigenvalue weighted by molar-refractivity contribution is 5.93. The molecule has 1 heterocycles. The van der Waals surface area contributed by atoms with Crippen LogP contribution in [0.4, 0.5) is 0 Å². The number of rotatable bonds is 1.